The molecule has 1 saturated heterocycles. The summed E-state index contributed by atoms with van der Waals surface area (Å²) in [4.78, 5) is 35.0. The Balaban J connectivity index is 1.93. The molecular formula is C18H20N4O2. The molecule has 3 rings (SSSR count). The first-order valence-corrected chi connectivity index (χ1v) is 7.95. The number of hydrogen-bond acceptors (Lipinski definition) is 5. The number of benzene rings is 1. The number of likely N-dealkylation sites (tertiary alicyclic amines) is 1. The van der Waals surface area contributed by atoms with Gasteiger partial charge in [0.25, 0.3) is 0 Å². The van der Waals surface area contributed by atoms with Crippen LogP contribution in [0.3, 0.4) is 0 Å². The second kappa shape index (κ2) is 6.03. The van der Waals surface area contributed by atoms with E-state index in [9.17, 15) is 9.59 Å². The lowest BCUT2D eigenvalue weighted by atomic mass is 9.76. The van der Waals surface area contributed by atoms with Gasteiger partial charge in [-0.25, -0.2) is 9.97 Å². The molecule has 0 spiro atoms. The SMILES string of the molecule is CCC1(c2ccc(C)cc2)CC(=O)N(Cc2nccc(N)n2)C1=O. The molecule has 1 aliphatic heterocycles. The van der Waals surface area contributed by atoms with E-state index >= 15 is 0 Å². The largest absolute Gasteiger partial charge is 0.384 e. The third-order valence-electron chi connectivity index (χ3n) is 4.64. The molecular weight excluding hydrogens is 304 g/mol. The van der Waals surface area contributed by atoms with E-state index in [1.165, 1.54) is 11.1 Å². The standard InChI is InChI=1S/C18H20N4O2/c1-3-18(13-6-4-12(2)5-7-13)10-16(23)22(17(18)24)11-15-20-9-8-14(19)21-15/h4-9H,3,10-11H2,1-2H3,(H2,19,20,21). The molecule has 2 N–H and O–H groups in total. The van der Waals surface area contributed by atoms with Crippen molar-refractivity contribution in [3.8, 4) is 0 Å². The van der Waals surface area contributed by atoms with Gasteiger partial charge in [-0.15, -0.1) is 0 Å². The molecule has 1 atom stereocenters. The minimum Gasteiger partial charge on any atom is -0.384 e. The van der Waals surface area contributed by atoms with Crippen LogP contribution in [0.4, 0.5) is 5.82 Å². The first-order valence-electron chi connectivity index (χ1n) is 7.95. The molecule has 1 aromatic carbocycles. The van der Waals surface area contributed by atoms with Crippen molar-refractivity contribution in [3.63, 3.8) is 0 Å². The quantitative estimate of drug-likeness (QED) is 0.869. The van der Waals surface area contributed by atoms with Crippen LogP contribution in [-0.4, -0.2) is 26.7 Å². The van der Waals surface area contributed by atoms with E-state index in [0.717, 1.165) is 11.1 Å². The molecule has 2 aromatic rings. The first kappa shape index (κ1) is 16.1. The lowest BCUT2D eigenvalue weighted by molar-refractivity contribution is -0.140. The molecule has 0 radical (unpaired) electrons. The van der Waals surface area contributed by atoms with Gasteiger partial charge < -0.3 is 5.73 Å². The summed E-state index contributed by atoms with van der Waals surface area (Å²) in [5.74, 6) is 0.297. The van der Waals surface area contributed by atoms with Crippen molar-refractivity contribution in [1.29, 1.82) is 0 Å². The number of hydrogen-bond donors (Lipinski definition) is 1. The van der Waals surface area contributed by atoms with Gasteiger partial charge in [0.15, 0.2) is 5.82 Å². The second-order valence-electron chi connectivity index (χ2n) is 6.16. The Kier molecular flexibility index (Phi) is 4.05. The van der Waals surface area contributed by atoms with Crippen LogP contribution in [0, 0.1) is 6.92 Å². The van der Waals surface area contributed by atoms with Crippen molar-refractivity contribution >= 4 is 17.6 Å². The predicted molar refractivity (Wildman–Crippen MR) is 89.8 cm³/mol. The van der Waals surface area contributed by atoms with E-state index < -0.39 is 5.41 Å². The first-order chi connectivity index (χ1) is 11.5. The van der Waals surface area contributed by atoms with Crippen molar-refractivity contribution < 1.29 is 9.59 Å². The monoisotopic (exact) mass is 324 g/mol. The predicted octanol–water partition coefficient (Wildman–Crippen LogP) is 1.97. The number of amides is 2. The Hall–Kier alpha value is -2.76. The van der Waals surface area contributed by atoms with Crippen LogP contribution >= 0.6 is 0 Å². The van der Waals surface area contributed by atoms with Gasteiger partial charge in [-0.05, 0) is 25.0 Å². The van der Waals surface area contributed by atoms with Crippen LogP contribution in [0.2, 0.25) is 0 Å². The molecule has 2 heterocycles. The summed E-state index contributed by atoms with van der Waals surface area (Å²) in [6.45, 7) is 3.98. The summed E-state index contributed by atoms with van der Waals surface area (Å²) in [6, 6.07) is 9.37. The van der Waals surface area contributed by atoms with Crippen LogP contribution in [0.5, 0.6) is 0 Å². The molecule has 0 aliphatic carbocycles. The molecule has 6 nitrogen and oxygen atoms in total. The number of imide groups is 1. The molecule has 1 unspecified atom stereocenters. The number of anilines is 1. The maximum atomic E-state index is 13.1. The Morgan fingerprint density at radius 2 is 1.92 bits per heavy atom. The minimum absolute atomic E-state index is 0.0519. The van der Waals surface area contributed by atoms with Crippen molar-refractivity contribution in [2.75, 3.05) is 5.73 Å². The molecule has 1 fully saturated rings. The zero-order chi connectivity index (χ0) is 17.3. The molecule has 1 aromatic heterocycles. The van der Waals surface area contributed by atoms with Crippen LogP contribution < -0.4 is 5.73 Å². The molecule has 1 aliphatic rings. The van der Waals surface area contributed by atoms with E-state index in [-0.39, 0.29) is 24.8 Å². The zero-order valence-corrected chi connectivity index (χ0v) is 13.8. The highest BCUT2D eigenvalue weighted by Crippen LogP contribution is 2.40. The fourth-order valence-electron chi connectivity index (χ4n) is 3.17. The van der Waals surface area contributed by atoms with Gasteiger partial charge >= 0.3 is 0 Å². The molecule has 6 heteroatoms. The topological polar surface area (TPSA) is 89.2 Å². The zero-order valence-electron chi connectivity index (χ0n) is 13.8. The van der Waals surface area contributed by atoms with Crippen molar-refractivity contribution in [3.05, 3.63) is 53.5 Å². The van der Waals surface area contributed by atoms with Crippen molar-refractivity contribution in [2.24, 2.45) is 0 Å². The molecule has 0 bridgehead atoms. The number of nitrogen functional groups attached to an aromatic ring is 1. The summed E-state index contributed by atoms with van der Waals surface area (Å²) in [7, 11) is 0. The molecule has 2 amide bonds. The number of aryl methyl sites for hydroxylation is 1. The Morgan fingerprint density at radius 3 is 2.54 bits per heavy atom. The number of nitrogens with two attached hydrogens (primary N) is 1. The fourth-order valence-corrected chi connectivity index (χ4v) is 3.17. The Labute approximate surface area is 140 Å². The van der Waals surface area contributed by atoms with Gasteiger partial charge in [-0.2, -0.15) is 0 Å². The number of nitrogens with zero attached hydrogens (tertiary/aromatic N) is 3. The smallest absolute Gasteiger partial charge is 0.240 e. The lowest BCUT2D eigenvalue weighted by Crippen LogP contribution is -2.38. The van der Waals surface area contributed by atoms with Crippen LogP contribution in [-0.2, 0) is 21.5 Å². The lowest BCUT2D eigenvalue weighted by Gasteiger charge is -2.26. The van der Waals surface area contributed by atoms with E-state index in [1.54, 1.807) is 6.07 Å². The van der Waals surface area contributed by atoms with Crippen LogP contribution in [0.25, 0.3) is 0 Å². The fraction of sp³-hybridized carbons (Fsp3) is 0.333. The highest BCUT2D eigenvalue weighted by atomic mass is 16.2. The van der Waals surface area contributed by atoms with Gasteiger partial charge in [-0.1, -0.05) is 36.8 Å². The van der Waals surface area contributed by atoms with Gasteiger partial charge in [0.1, 0.15) is 5.82 Å². The summed E-state index contributed by atoms with van der Waals surface area (Å²) in [5, 5.41) is 0. The number of carbonyl (C=O) groups excluding carboxylic acids is 2. The van der Waals surface area contributed by atoms with Crippen molar-refractivity contribution in [1.82, 2.24) is 14.9 Å². The van der Waals surface area contributed by atoms with Gasteiger partial charge in [0.2, 0.25) is 11.8 Å². The summed E-state index contributed by atoms with van der Waals surface area (Å²) in [6.07, 6.45) is 2.26. The summed E-state index contributed by atoms with van der Waals surface area (Å²) < 4.78 is 0. The minimum atomic E-state index is -0.800. The summed E-state index contributed by atoms with van der Waals surface area (Å²) >= 11 is 0. The van der Waals surface area contributed by atoms with Gasteiger partial charge in [0.05, 0.1) is 12.0 Å². The molecule has 0 saturated carbocycles. The Bertz CT molecular complexity index is 788. The highest BCUT2D eigenvalue weighted by Gasteiger charge is 2.51. The van der Waals surface area contributed by atoms with Crippen LogP contribution in [0.1, 0.15) is 36.7 Å². The normalized spacial score (nSPS) is 20.7. The maximum absolute atomic E-state index is 13.1. The van der Waals surface area contributed by atoms with Gasteiger partial charge in [-0.3, -0.25) is 14.5 Å². The number of aromatic nitrogens is 2. The average molecular weight is 324 g/mol. The summed E-state index contributed by atoms with van der Waals surface area (Å²) in [5.41, 5.74) is 6.84. The van der Waals surface area contributed by atoms with E-state index in [0.29, 0.717) is 18.1 Å². The Morgan fingerprint density at radius 1 is 1.21 bits per heavy atom. The van der Waals surface area contributed by atoms with Gasteiger partial charge in [0, 0.05) is 12.6 Å². The third kappa shape index (κ3) is 2.64. The van der Waals surface area contributed by atoms with E-state index in [1.807, 2.05) is 38.1 Å². The molecule has 24 heavy (non-hydrogen) atoms. The number of carbonyl (C=O) groups is 2. The maximum Gasteiger partial charge on any atom is 0.240 e. The highest BCUT2D eigenvalue weighted by molar-refractivity contribution is 6.08. The molecule has 124 valence electrons. The van der Waals surface area contributed by atoms with E-state index in [2.05, 4.69) is 9.97 Å². The second-order valence-corrected chi connectivity index (χ2v) is 6.16. The van der Waals surface area contributed by atoms with Crippen molar-refractivity contribution in [2.45, 2.75) is 38.6 Å². The van der Waals surface area contributed by atoms with Crippen LogP contribution in [0.15, 0.2) is 36.5 Å². The number of rotatable bonds is 4. The van der Waals surface area contributed by atoms with E-state index in [4.69, 9.17) is 5.73 Å². The third-order valence-corrected chi connectivity index (χ3v) is 4.64. The average Bonchev–Trinajstić information content (AvgIpc) is 2.81.